The first-order valence-corrected chi connectivity index (χ1v) is 5.55. The summed E-state index contributed by atoms with van der Waals surface area (Å²) in [5, 5.41) is 4.49. The van der Waals surface area contributed by atoms with E-state index in [1.54, 1.807) is 0 Å². The van der Waals surface area contributed by atoms with E-state index in [0.29, 0.717) is 0 Å². The van der Waals surface area contributed by atoms with Gasteiger partial charge in [-0.3, -0.25) is 4.68 Å². The van der Waals surface area contributed by atoms with Crippen molar-refractivity contribution in [1.29, 1.82) is 0 Å². The molecule has 2 rings (SSSR count). The fourth-order valence-electron chi connectivity index (χ4n) is 1.59. The molecule has 0 bridgehead atoms. The molecule has 0 saturated carbocycles. The number of rotatable bonds is 4. The minimum absolute atomic E-state index is 0.817. The highest BCUT2D eigenvalue weighted by molar-refractivity contribution is 5.59. The largest absolute Gasteiger partial charge is 0.268 e. The summed E-state index contributed by atoms with van der Waals surface area (Å²) in [4.78, 5) is 0. The van der Waals surface area contributed by atoms with Gasteiger partial charge in [-0.25, -0.2) is 0 Å². The van der Waals surface area contributed by atoms with Crippen molar-refractivity contribution in [3.8, 4) is 0 Å². The molecule has 0 spiro atoms. The Kier molecular flexibility index (Phi) is 3.20. The lowest BCUT2D eigenvalue weighted by Gasteiger charge is -2.01. The Hall–Kier alpha value is -1.83. The topological polar surface area (TPSA) is 17.8 Å². The minimum Gasteiger partial charge on any atom is -0.268 e. The Morgan fingerprint density at radius 1 is 1.25 bits per heavy atom. The summed E-state index contributed by atoms with van der Waals surface area (Å²) in [5.74, 6) is 0. The number of nitrogens with zero attached hydrogens (tertiary/aromatic N) is 2. The maximum Gasteiger partial charge on any atom is 0.0876 e. The van der Waals surface area contributed by atoms with Crippen molar-refractivity contribution in [2.45, 2.75) is 19.9 Å². The second-order valence-corrected chi connectivity index (χ2v) is 3.84. The number of benzene rings is 1. The lowest BCUT2D eigenvalue weighted by molar-refractivity contribution is 0.683. The van der Waals surface area contributed by atoms with Crippen molar-refractivity contribution in [2.24, 2.45) is 0 Å². The number of hydrogen-bond acceptors (Lipinski definition) is 1. The number of hydrogen-bond donors (Lipinski definition) is 0. The van der Waals surface area contributed by atoms with Gasteiger partial charge in [0.1, 0.15) is 0 Å². The standard InChI is InChI=1S/C14H16N2/c1-3-12(2)14-9-10-16(15-14)11-13-7-5-4-6-8-13/h4-10H,2-3,11H2,1H3. The summed E-state index contributed by atoms with van der Waals surface area (Å²) in [5.41, 5.74) is 3.35. The zero-order valence-corrected chi connectivity index (χ0v) is 9.56. The normalized spacial score (nSPS) is 10.3. The van der Waals surface area contributed by atoms with E-state index < -0.39 is 0 Å². The van der Waals surface area contributed by atoms with E-state index in [1.807, 2.05) is 35.1 Å². The average molecular weight is 212 g/mol. The SMILES string of the molecule is C=C(CC)c1ccn(Cc2ccccc2)n1. The van der Waals surface area contributed by atoms with Crippen LogP contribution in [0.1, 0.15) is 24.6 Å². The molecular weight excluding hydrogens is 196 g/mol. The summed E-state index contributed by atoms with van der Waals surface area (Å²) >= 11 is 0. The Morgan fingerprint density at radius 3 is 2.69 bits per heavy atom. The Balaban J connectivity index is 2.12. The second kappa shape index (κ2) is 4.79. The van der Waals surface area contributed by atoms with Crippen LogP contribution in [-0.4, -0.2) is 9.78 Å². The zero-order chi connectivity index (χ0) is 11.4. The van der Waals surface area contributed by atoms with Crippen molar-refractivity contribution < 1.29 is 0 Å². The van der Waals surface area contributed by atoms with E-state index in [1.165, 1.54) is 5.56 Å². The van der Waals surface area contributed by atoms with Crippen LogP contribution in [0.25, 0.3) is 5.57 Å². The molecule has 0 aliphatic carbocycles. The van der Waals surface area contributed by atoms with Gasteiger partial charge in [-0.15, -0.1) is 0 Å². The van der Waals surface area contributed by atoms with Gasteiger partial charge in [0.15, 0.2) is 0 Å². The van der Waals surface area contributed by atoms with Crippen molar-refractivity contribution in [2.75, 3.05) is 0 Å². The van der Waals surface area contributed by atoms with Crippen LogP contribution in [0.3, 0.4) is 0 Å². The fourth-order valence-corrected chi connectivity index (χ4v) is 1.59. The van der Waals surface area contributed by atoms with Crippen molar-refractivity contribution >= 4 is 5.57 Å². The second-order valence-electron chi connectivity index (χ2n) is 3.84. The smallest absolute Gasteiger partial charge is 0.0876 e. The van der Waals surface area contributed by atoms with Crippen LogP contribution in [0.2, 0.25) is 0 Å². The molecule has 0 N–H and O–H groups in total. The molecule has 0 aliphatic rings. The van der Waals surface area contributed by atoms with Crippen molar-refractivity contribution in [3.63, 3.8) is 0 Å². The molecule has 0 amide bonds. The van der Waals surface area contributed by atoms with Gasteiger partial charge in [-0.1, -0.05) is 43.8 Å². The highest BCUT2D eigenvalue weighted by Crippen LogP contribution is 2.13. The summed E-state index contributed by atoms with van der Waals surface area (Å²) in [6, 6.07) is 12.4. The van der Waals surface area contributed by atoms with Crippen LogP contribution in [-0.2, 0) is 6.54 Å². The minimum atomic E-state index is 0.817. The third kappa shape index (κ3) is 2.40. The van der Waals surface area contributed by atoms with Gasteiger partial charge in [0.25, 0.3) is 0 Å². The van der Waals surface area contributed by atoms with Crippen molar-refractivity contribution in [3.05, 3.63) is 60.4 Å². The lowest BCUT2D eigenvalue weighted by Crippen LogP contribution is -2.00. The maximum atomic E-state index is 4.49. The molecule has 2 heteroatoms. The van der Waals surface area contributed by atoms with Crippen LogP contribution < -0.4 is 0 Å². The average Bonchev–Trinajstić information content (AvgIpc) is 2.78. The molecule has 1 aromatic heterocycles. The number of allylic oxidation sites excluding steroid dienone is 1. The Morgan fingerprint density at radius 2 is 2.00 bits per heavy atom. The highest BCUT2D eigenvalue weighted by Gasteiger charge is 2.01. The molecule has 0 aliphatic heterocycles. The molecule has 2 aromatic rings. The molecule has 0 radical (unpaired) electrons. The van der Waals surface area contributed by atoms with E-state index in [-0.39, 0.29) is 0 Å². The molecule has 0 unspecified atom stereocenters. The van der Waals surface area contributed by atoms with E-state index in [9.17, 15) is 0 Å². The molecule has 1 heterocycles. The first-order valence-electron chi connectivity index (χ1n) is 5.55. The summed E-state index contributed by atoms with van der Waals surface area (Å²) in [6.07, 6.45) is 2.95. The zero-order valence-electron chi connectivity index (χ0n) is 9.56. The van der Waals surface area contributed by atoms with E-state index in [4.69, 9.17) is 0 Å². The molecule has 16 heavy (non-hydrogen) atoms. The quantitative estimate of drug-likeness (QED) is 0.760. The predicted molar refractivity (Wildman–Crippen MR) is 67.1 cm³/mol. The first-order chi connectivity index (χ1) is 7.79. The summed E-state index contributed by atoms with van der Waals surface area (Å²) in [7, 11) is 0. The first kappa shape index (κ1) is 10.7. The van der Waals surface area contributed by atoms with Crippen LogP contribution >= 0.6 is 0 Å². The predicted octanol–water partition coefficient (Wildman–Crippen LogP) is 3.35. The van der Waals surface area contributed by atoms with Crippen LogP contribution in [0, 0.1) is 0 Å². The molecule has 82 valence electrons. The van der Waals surface area contributed by atoms with Crippen LogP contribution in [0.15, 0.2) is 49.2 Å². The molecule has 0 atom stereocenters. The van der Waals surface area contributed by atoms with E-state index >= 15 is 0 Å². The van der Waals surface area contributed by atoms with Gasteiger partial charge in [0.2, 0.25) is 0 Å². The molecule has 2 nitrogen and oxygen atoms in total. The van der Waals surface area contributed by atoms with Crippen LogP contribution in [0.5, 0.6) is 0 Å². The summed E-state index contributed by atoms with van der Waals surface area (Å²) < 4.78 is 1.95. The summed E-state index contributed by atoms with van der Waals surface area (Å²) in [6.45, 7) is 6.90. The van der Waals surface area contributed by atoms with E-state index in [0.717, 1.165) is 24.2 Å². The van der Waals surface area contributed by atoms with Gasteiger partial charge >= 0.3 is 0 Å². The monoisotopic (exact) mass is 212 g/mol. The van der Waals surface area contributed by atoms with Gasteiger partial charge in [0, 0.05) is 6.20 Å². The molecule has 0 saturated heterocycles. The fraction of sp³-hybridized carbons (Fsp3) is 0.214. The molecular formula is C14H16N2. The third-order valence-corrected chi connectivity index (χ3v) is 2.62. The molecule has 0 fully saturated rings. The van der Waals surface area contributed by atoms with Crippen molar-refractivity contribution in [1.82, 2.24) is 9.78 Å². The highest BCUT2D eigenvalue weighted by atomic mass is 15.3. The Bertz CT molecular complexity index is 468. The molecule has 1 aromatic carbocycles. The van der Waals surface area contributed by atoms with Gasteiger partial charge < -0.3 is 0 Å². The lowest BCUT2D eigenvalue weighted by atomic mass is 10.2. The van der Waals surface area contributed by atoms with E-state index in [2.05, 4.69) is 30.7 Å². The van der Waals surface area contributed by atoms with Gasteiger partial charge in [0.05, 0.1) is 12.2 Å². The number of aromatic nitrogens is 2. The Labute approximate surface area is 96.2 Å². The van der Waals surface area contributed by atoms with Gasteiger partial charge in [-0.2, -0.15) is 5.10 Å². The van der Waals surface area contributed by atoms with Crippen LogP contribution in [0.4, 0.5) is 0 Å². The maximum absolute atomic E-state index is 4.49. The van der Waals surface area contributed by atoms with Gasteiger partial charge in [-0.05, 0) is 23.6 Å². The third-order valence-electron chi connectivity index (χ3n) is 2.62.